The van der Waals surface area contributed by atoms with Gasteiger partial charge in [-0.15, -0.1) is 11.3 Å². The molecule has 2 amide bonds. The van der Waals surface area contributed by atoms with Crippen LogP contribution in [0.25, 0.3) is 0 Å². The summed E-state index contributed by atoms with van der Waals surface area (Å²) < 4.78 is 5.48. The van der Waals surface area contributed by atoms with Gasteiger partial charge in [0.15, 0.2) is 11.7 Å². The van der Waals surface area contributed by atoms with Gasteiger partial charge in [0, 0.05) is 23.1 Å². The molecule has 0 aliphatic heterocycles. The van der Waals surface area contributed by atoms with Crippen LogP contribution >= 0.6 is 22.9 Å². The summed E-state index contributed by atoms with van der Waals surface area (Å²) in [5.41, 5.74) is 0. The van der Waals surface area contributed by atoms with Crippen molar-refractivity contribution in [2.45, 2.75) is 13.8 Å². The second-order valence-corrected chi connectivity index (χ2v) is 7.13. The third-order valence-corrected chi connectivity index (χ3v) is 4.07. The van der Waals surface area contributed by atoms with Gasteiger partial charge in [-0.25, -0.2) is 4.98 Å². The van der Waals surface area contributed by atoms with Crippen LogP contribution in [0, 0.1) is 5.92 Å². The number of carbonyl (C=O) groups is 2. The Kier molecular flexibility index (Phi) is 7.21. The summed E-state index contributed by atoms with van der Waals surface area (Å²) in [7, 11) is 0. The second-order valence-electron chi connectivity index (χ2n) is 5.80. The molecule has 0 bridgehead atoms. The van der Waals surface area contributed by atoms with Crippen molar-refractivity contribution in [3.8, 4) is 5.75 Å². The minimum atomic E-state index is -0.282. The maximum Gasteiger partial charge on any atom is 0.260 e. The van der Waals surface area contributed by atoms with E-state index in [2.05, 4.69) is 10.3 Å². The molecule has 8 heteroatoms. The normalized spacial score (nSPS) is 10.6. The molecule has 1 heterocycles. The van der Waals surface area contributed by atoms with Crippen LogP contribution in [-0.4, -0.2) is 41.4 Å². The molecule has 6 nitrogen and oxygen atoms in total. The number of hydrogen-bond donors (Lipinski definition) is 1. The number of aromatic nitrogens is 1. The van der Waals surface area contributed by atoms with Gasteiger partial charge in [0.25, 0.3) is 5.91 Å². The topological polar surface area (TPSA) is 71.5 Å². The van der Waals surface area contributed by atoms with Crippen molar-refractivity contribution in [3.05, 3.63) is 40.9 Å². The molecule has 2 aromatic rings. The van der Waals surface area contributed by atoms with Crippen molar-refractivity contribution in [2.24, 2.45) is 5.92 Å². The lowest BCUT2D eigenvalue weighted by atomic mass is 10.2. The first-order valence-corrected chi connectivity index (χ1v) is 9.05. The smallest absolute Gasteiger partial charge is 0.260 e. The molecule has 0 spiro atoms. The van der Waals surface area contributed by atoms with Crippen LogP contribution < -0.4 is 10.1 Å². The first kappa shape index (κ1) is 19.2. The summed E-state index contributed by atoms with van der Waals surface area (Å²) in [5.74, 6) is 0.245. The second kappa shape index (κ2) is 9.39. The monoisotopic (exact) mass is 381 g/mol. The van der Waals surface area contributed by atoms with E-state index in [-0.39, 0.29) is 30.9 Å². The number of hydrogen-bond acceptors (Lipinski definition) is 5. The van der Waals surface area contributed by atoms with Crippen LogP contribution in [-0.2, 0) is 9.59 Å². The van der Waals surface area contributed by atoms with Gasteiger partial charge in [-0.3, -0.25) is 9.59 Å². The highest BCUT2D eigenvalue weighted by Crippen LogP contribution is 2.16. The average molecular weight is 382 g/mol. The zero-order valence-corrected chi connectivity index (χ0v) is 15.6. The fraction of sp³-hybridized carbons (Fsp3) is 0.353. The summed E-state index contributed by atoms with van der Waals surface area (Å²) in [6.45, 7) is 4.26. The molecule has 0 aliphatic rings. The zero-order valence-electron chi connectivity index (χ0n) is 14.1. The van der Waals surface area contributed by atoms with Crippen molar-refractivity contribution in [3.63, 3.8) is 0 Å². The molecule has 1 aromatic carbocycles. The molecule has 1 N–H and O–H groups in total. The Hall–Kier alpha value is -2.12. The van der Waals surface area contributed by atoms with E-state index >= 15 is 0 Å². The first-order valence-electron chi connectivity index (χ1n) is 7.79. The molecule has 25 heavy (non-hydrogen) atoms. The summed E-state index contributed by atoms with van der Waals surface area (Å²) in [4.78, 5) is 30.1. The van der Waals surface area contributed by atoms with Crippen LogP contribution in [0.4, 0.5) is 5.13 Å². The van der Waals surface area contributed by atoms with Gasteiger partial charge in [0.05, 0.1) is 0 Å². The Morgan fingerprint density at radius 1 is 1.32 bits per heavy atom. The van der Waals surface area contributed by atoms with E-state index in [0.717, 1.165) is 0 Å². The Morgan fingerprint density at radius 3 is 2.64 bits per heavy atom. The highest BCUT2D eigenvalue weighted by molar-refractivity contribution is 7.13. The lowest BCUT2D eigenvalue weighted by Crippen LogP contribution is -2.42. The molecule has 134 valence electrons. The number of thiazole rings is 1. The Balaban J connectivity index is 1.91. The average Bonchev–Trinajstić information content (AvgIpc) is 3.05. The third-order valence-electron chi connectivity index (χ3n) is 3.13. The van der Waals surface area contributed by atoms with E-state index in [9.17, 15) is 9.59 Å². The van der Waals surface area contributed by atoms with Crippen LogP contribution in [0.15, 0.2) is 35.8 Å². The predicted octanol–water partition coefficient (Wildman–Crippen LogP) is 3.30. The molecule has 0 radical (unpaired) electrons. The van der Waals surface area contributed by atoms with Gasteiger partial charge in [-0.2, -0.15) is 0 Å². The fourth-order valence-corrected chi connectivity index (χ4v) is 2.75. The summed E-state index contributed by atoms with van der Waals surface area (Å²) in [6, 6.07) is 6.76. The maximum absolute atomic E-state index is 12.4. The molecule has 0 atom stereocenters. The molecule has 0 saturated carbocycles. The molecular weight excluding hydrogens is 362 g/mol. The van der Waals surface area contributed by atoms with Gasteiger partial charge in [-0.1, -0.05) is 25.4 Å². The Bertz CT molecular complexity index is 690. The number of benzene rings is 1. The lowest BCUT2D eigenvalue weighted by molar-refractivity contribution is -0.137. The summed E-state index contributed by atoms with van der Waals surface area (Å²) in [5, 5.41) is 5.56. The number of carbonyl (C=O) groups excluding carboxylic acids is 2. The number of rotatable bonds is 8. The standard InChI is InChI=1S/C17H20ClN3O3S/c1-12(2)9-21(10-15(22)20-17-19-7-8-25-17)16(23)11-24-14-5-3-13(18)4-6-14/h3-8,12H,9-11H2,1-2H3,(H,19,20,22). The molecule has 2 rings (SSSR count). The van der Waals surface area contributed by atoms with Crippen LogP contribution in [0.2, 0.25) is 5.02 Å². The van der Waals surface area contributed by atoms with Crippen molar-refractivity contribution in [1.29, 1.82) is 0 Å². The van der Waals surface area contributed by atoms with Crippen LogP contribution in [0.3, 0.4) is 0 Å². The number of amides is 2. The minimum absolute atomic E-state index is 0.0411. The number of anilines is 1. The molecule has 0 saturated heterocycles. The number of nitrogens with zero attached hydrogens (tertiary/aromatic N) is 2. The number of halogens is 1. The maximum atomic E-state index is 12.4. The first-order chi connectivity index (χ1) is 11.9. The largest absolute Gasteiger partial charge is 0.484 e. The van der Waals surface area contributed by atoms with E-state index in [1.165, 1.54) is 16.2 Å². The highest BCUT2D eigenvalue weighted by Gasteiger charge is 2.19. The molecular formula is C17H20ClN3O3S. The molecule has 1 aromatic heterocycles. The van der Waals surface area contributed by atoms with Crippen molar-refractivity contribution in [1.82, 2.24) is 9.88 Å². The van der Waals surface area contributed by atoms with Gasteiger partial charge in [0.1, 0.15) is 12.3 Å². The van der Waals surface area contributed by atoms with Gasteiger partial charge < -0.3 is 15.0 Å². The summed E-state index contributed by atoms with van der Waals surface area (Å²) in [6.07, 6.45) is 1.61. The third kappa shape index (κ3) is 6.72. The molecule has 0 fully saturated rings. The molecule has 0 unspecified atom stereocenters. The van der Waals surface area contributed by atoms with Gasteiger partial charge >= 0.3 is 0 Å². The quantitative estimate of drug-likeness (QED) is 0.761. The van der Waals surface area contributed by atoms with Gasteiger partial charge in [0.2, 0.25) is 5.91 Å². The SMILES string of the molecule is CC(C)CN(CC(=O)Nc1nccs1)C(=O)COc1ccc(Cl)cc1. The van der Waals surface area contributed by atoms with E-state index < -0.39 is 0 Å². The van der Waals surface area contributed by atoms with E-state index in [4.69, 9.17) is 16.3 Å². The van der Waals surface area contributed by atoms with Crippen molar-refractivity contribution >= 4 is 39.9 Å². The Morgan fingerprint density at radius 2 is 2.04 bits per heavy atom. The van der Waals surface area contributed by atoms with Crippen molar-refractivity contribution in [2.75, 3.05) is 25.0 Å². The zero-order chi connectivity index (χ0) is 18.2. The van der Waals surface area contributed by atoms with E-state index in [1.54, 1.807) is 35.8 Å². The minimum Gasteiger partial charge on any atom is -0.484 e. The predicted molar refractivity (Wildman–Crippen MR) is 99.1 cm³/mol. The highest BCUT2D eigenvalue weighted by atomic mass is 35.5. The number of nitrogens with one attached hydrogen (secondary N) is 1. The summed E-state index contributed by atoms with van der Waals surface area (Å²) >= 11 is 7.15. The van der Waals surface area contributed by atoms with Crippen LogP contribution in [0.1, 0.15) is 13.8 Å². The van der Waals surface area contributed by atoms with E-state index in [0.29, 0.717) is 22.4 Å². The number of ether oxygens (including phenoxy) is 1. The fourth-order valence-electron chi connectivity index (χ4n) is 2.08. The van der Waals surface area contributed by atoms with Crippen LogP contribution in [0.5, 0.6) is 5.75 Å². The van der Waals surface area contributed by atoms with Crippen molar-refractivity contribution < 1.29 is 14.3 Å². The molecule has 0 aliphatic carbocycles. The van der Waals surface area contributed by atoms with Gasteiger partial charge in [-0.05, 0) is 30.2 Å². The lowest BCUT2D eigenvalue weighted by Gasteiger charge is -2.24. The Labute approximate surface area is 155 Å². The van der Waals surface area contributed by atoms with E-state index in [1.807, 2.05) is 13.8 Å².